The van der Waals surface area contributed by atoms with Crippen molar-refractivity contribution in [2.24, 2.45) is 5.92 Å². The molecular formula is C13H18N2O3S. The number of carboxylic acids is 1. The summed E-state index contributed by atoms with van der Waals surface area (Å²) in [5.41, 5.74) is -0.312. The molecule has 0 saturated heterocycles. The lowest BCUT2D eigenvalue weighted by molar-refractivity contribution is -0.133. The summed E-state index contributed by atoms with van der Waals surface area (Å²) in [5, 5.41) is 9.27. The number of aromatic nitrogens is 2. The summed E-state index contributed by atoms with van der Waals surface area (Å²) < 4.78 is 1.97. The number of aliphatic carboxylic acids is 1. The standard InChI is InChI=1S/C13H18N2O3S/c1-9-2-4-10(5-3-9)15-7-6-11(16)14-13(15)19-8-12(17)18/h6-7,9-10H,2-5,8H2,1H3,(H,17,18). The highest BCUT2D eigenvalue weighted by Crippen LogP contribution is 2.33. The average molecular weight is 282 g/mol. The van der Waals surface area contributed by atoms with Crippen molar-refractivity contribution in [3.8, 4) is 0 Å². The van der Waals surface area contributed by atoms with E-state index in [-0.39, 0.29) is 11.3 Å². The summed E-state index contributed by atoms with van der Waals surface area (Å²) in [6.07, 6.45) is 6.21. The van der Waals surface area contributed by atoms with Gasteiger partial charge in [-0.1, -0.05) is 18.7 Å². The van der Waals surface area contributed by atoms with Gasteiger partial charge < -0.3 is 9.67 Å². The van der Waals surface area contributed by atoms with Crippen LogP contribution in [0.2, 0.25) is 0 Å². The zero-order chi connectivity index (χ0) is 13.8. The Hall–Kier alpha value is -1.30. The van der Waals surface area contributed by atoms with Gasteiger partial charge in [0.2, 0.25) is 0 Å². The second-order valence-electron chi connectivity index (χ2n) is 5.05. The molecule has 2 rings (SSSR count). The first-order valence-electron chi connectivity index (χ1n) is 6.50. The van der Waals surface area contributed by atoms with Crippen LogP contribution in [0.25, 0.3) is 0 Å². The Morgan fingerprint density at radius 3 is 2.79 bits per heavy atom. The Bertz CT molecular complexity index is 507. The molecule has 1 saturated carbocycles. The summed E-state index contributed by atoms with van der Waals surface area (Å²) in [4.78, 5) is 25.9. The number of nitrogens with zero attached hydrogens (tertiary/aromatic N) is 2. The minimum Gasteiger partial charge on any atom is -0.481 e. The van der Waals surface area contributed by atoms with E-state index in [0.717, 1.165) is 30.5 Å². The SMILES string of the molecule is CC1CCC(n2ccc(=O)nc2SCC(=O)O)CC1. The minimum absolute atomic E-state index is 0.0699. The Morgan fingerprint density at radius 2 is 2.16 bits per heavy atom. The second kappa shape index (κ2) is 6.23. The van der Waals surface area contributed by atoms with Gasteiger partial charge in [-0.15, -0.1) is 0 Å². The van der Waals surface area contributed by atoms with E-state index in [0.29, 0.717) is 11.2 Å². The van der Waals surface area contributed by atoms with Gasteiger partial charge >= 0.3 is 5.97 Å². The van der Waals surface area contributed by atoms with Crippen LogP contribution >= 0.6 is 11.8 Å². The number of hydrogen-bond donors (Lipinski definition) is 1. The smallest absolute Gasteiger partial charge is 0.313 e. The van der Waals surface area contributed by atoms with Gasteiger partial charge in [0.1, 0.15) is 0 Å². The average Bonchev–Trinajstić information content (AvgIpc) is 2.38. The van der Waals surface area contributed by atoms with Crippen LogP contribution in [0.15, 0.2) is 22.2 Å². The summed E-state index contributed by atoms with van der Waals surface area (Å²) in [7, 11) is 0. The Morgan fingerprint density at radius 1 is 1.47 bits per heavy atom. The third-order valence-corrected chi connectivity index (χ3v) is 4.46. The normalized spacial score (nSPS) is 23.2. The van der Waals surface area contributed by atoms with Crippen molar-refractivity contribution in [2.45, 2.75) is 43.8 Å². The van der Waals surface area contributed by atoms with Gasteiger partial charge in [-0.2, -0.15) is 4.98 Å². The van der Waals surface area contributed by atoms with Crippen LogP contribution in [0, 0.1) is 5.92 Å². The predicted octanol–water partition coefficient (Wildman–Crippen LogP) is 2.17. The molecule has 5 nitrogen and oxygen atoms in total. The molecule has 1 N–H and O–H groups in total. The van der Waals surface area contributed by atoms with Crippen LogP contribution in [0.1, 0.15) is 38.6 Å². The van der Waals surface area contributed by atoms with Crippen molar-refractivity contribution in [3.05, 3.63) is 22.6 Å². The molecule has 0 unspecified atom stereocenters. The molecule has 1 aromatic rings. The van der Waals surface area contributed by atoms with Crippen LogP contribution in [0.3, 0.4) is 0 Å². The topological polar surface area (TPSA) is 72.2 Å². The third kappa shape index (κ3) is 3.83. The maximum Gasteiger partial charge on any atom is 0.313 e. The van der Waals surface area contributed by atoms with E-state index >= 15 is 0 Å². The molecule has 0 amide bonds. The second-order valence-corrected chi connectivity index (χ2v) is 5.99. The Balaban J connectivity index is 2.18. The molecule has 1 aliphatic carbocycles. The van der Waals surface area contributed by atoms with E-state index in [1.54, 1.807) is 6.20 Å². The fourth-order valence-corrected chi connectivity index (χ4v) is 3.19. The highest BCUT2D eigenvalue weighted by atomic mass is 32.2. The fourth-order valence-electron chi connectivity index (χ4n) is 2.43. The molecule has 1 aliphatic rings. The lowest BCUT2D eigenvalue weighted by Crippen LogP contribution is -2.22. The first-order valence-corrected chi connectivity index (χ1v) is 7.48. The number of thioether (sulfide) groups is 1. The largest absolute Gasteiger partial charge is 0.481 e. The maximum absolute atomic E-state index is 11.3. The summed E-state index contributed by atoms with van der Waals surface area (Å²) in [5.74, 6) is -0.217. The highest BCUT2D eigenvalue weighted by molar-refractivity contribution is 7.99. The van der Waals surface area contributed by atoms with Gasteiger partial charge in [-0.05, 0) is 31.6 Å². The summed E-state index contributed by atoms with van der Waals surface area (Å²) in [6, 6.07) is 1.78. The van der Waals surface area contributed by atoms with E-state index in [9.17, 15) is 9.59 Å². The van der Waals surface area contributed by atoms with Crippen molar-refractivity contribution in [2.75, 3.05) is 5.75 Å². The number of rotatable bonds is 4. The van der Waals surface area contributed by atoms with E-state index in [1.165, 1.54) is 18.9 Å². The zero-order valence-corrected chi connectivity index (χ0v) is 11.7. The van der Waals surface area contributed by atoms with Gasteiger partial charge in [0, 0.05) is 18.3 Å². The molecule has 0 radical (unpaired) electrons. The van der Waals surface area contributed by atoms with Gasteiger partial charge in [0.05, 0.1) is 5.75 Å². The van der Waals surface area contributed by atoms with Crippen LogP contribution in [0.5, 0.6) is 0 Å². The van der Waals surface area contributed by atoms with Crippen LogP contribution < -0.4 is 5.56 Å². The van der Waals surface area contributed by atoms with Crippen molar-refractivity contribution in [1.29, 1.82) is 0 Å². The molecule has 0 aromatic carbocycles. The summed E-state index contributed by atoms with van der Waals surface area (Å²) in [6.45, 7) is 2.25. The van der Waals surface area contributed by atoms with E-state index < -0.39 is 5.97 Å². The third-order valence-electron chi connectivity index (χ3n) is 3.51. The lowest BCUT2D eigenvalue weighted by Gasteiger charge is -2.29. The van der Waals surface area contributed by atoms with Gasteiger partial charge in [-0.25, -0.2) is 0 Å². The van der Waals surface area contributed by atoms with Crippen LogP contribution in [-0.2, 0) is 4.79 Å². The molecule has 0 aliphatic heterocycles. The quantitative estimate of drug-likeness (QED) is 0.677. The molecule has 0 bridgehead atoms. The molecule has 104 valence electrons. The molecule has 0 spiro atoms. The number of carbonyl (C=O) groups is 1. The van der Waals surface area contributed by atoms with E-state index in [4.69, 9.17) is 5.11 Å². The Kier molecular flexibility index (Phi) is 4.63. The van der Waals surface area contributed by atoms with Crippen molar-refractivity contribution in [3.63, 3.8) is 0 Å². The van der Waals surface area contributed by atoms with Crippen molar-refractivity contribution < 1.29 is 9.90 Å². The van der Waals surface area contributed by atoms with Gasteiger partial charge in [-0.3, -0.25) is 9.59 Å². The van der Waals surface area contributed by atoms with Crippen LogP contribution in [0.4, 0.5) is 0 Å². The predicted molar refractivity (Wildman–Crippen MR) is 73.5 cm³/mol. The number of hydrogen-bond acceptors (Lipinski definition) is 4. The molecule has 6 heteroatoms. The van der Waals surface area contributed by atoms with Gasteiger partial charge in [0.15, 0.2) is 5.16 Å². The van der Waals surface area contributed by atoms with E-state index in [1.807, 2.05) is 4.57 Å². The Labute approximate surface area is 116 Å². The zero-order valence-electron chi connectivity index (χ0n) is 10.9. The minimum atomic E-state index is -0.896. The molecule has 0 atom stereocenters. The first kappa shape index (κ1) is 14.1. The molecular weight excluding hydrogens is 264 g/mol. The van der Waals surface area contributed by atoms with E-state index in [2.05, 4.69) is 11.9 Å². The van der Waals surface area contributed by atoms with Crippen molar-refractivity contribution >= 4 is 17.7 Å². The lowest BCUT2D eigenvalue weighted by atomic mass is 9.87. The molecule has 1 heterocycles. The number of carboxylic acid groups (broad SMARTS) is 1. The summed E-state index contributed by atoms with van der Waals surface area (Å²) >= 11 is 1.12. The van der Waals surface area contributed by atoms with Crippen LogP contribution in [-0.4, -0.2) is 26.4 Å². The van der Waals surface area contributed by atoms with Crippen molar-refractivity contribution in [1.82, 2.24) is 9.55 Å². The molecule has 1 aromatic heterocycles. The molecule has 19 heavy (non-hydrogen) atoms. The molecule has 1 fully saturated rings. The first-order chi connectivity index (χ1) is 9.06. The fraction of sp³-hybridized carbons (Fsp3) is 0.615. The highest BCUT2D eigenvalue weighted by Gasteiger charge is 2.21. The monoisotopic (exact) mass is 282 g/mol. The van der Waals surface area contributed by atoms with Gasteiger partial charge in [0.25, 0.3) is 5.56 Å². The maximum atomic E-state index is 11.3.